The SMILES string of the molecule is CC(C)CNC(=O)N1CCC(F)(F)C1. The molecule has 1 rings (SSSR count). The molecule has 0 radical (unpaired) electrons. The molecule has 0 aromatic heterocycles. The fraction of sp³-hybridized carbons (Fsp3) is 0.889. The van der Waals surface area contributed by atoms with Gasteiger partial charge in [0.15, 0.2) is 0 Å². The maximum absolute atomic E-state index is 12.7. The Morgan fingerprint density at radius 3 is 2.64 bits per heavy atom. The Labute approximate surface area is 82.5 Å². The highest BCUT2D eigenvalue weighted by molar-refractivity contribution is 5.74. The lowest BCUT2D eigenvalue weighted by Crippen LogP contribution is -2.41. The van der Waals surface area contributed by atoms with Gasteiger partial charge in [-0.1, -0.05) is 13.8 Å². The largest absolute Gasteiger partial charge is 0.338 e. The van der Waals surface area contributed by atoms with E-state index in [-0.39, 0.29) is 19.0 Å². The number of urea groups is 1. The molecule has 0 atom stereocenters. The van der Waals surface area contributed by atoms with Crippen LogP contribution in [0.4, 0.5) is 13.6 Å². The molecule has 1 aliphatic rings. The van der Waals surface area contributed by atoms with Crippen LogP contribution in [0.5, 0.6) is 0 Å². The first-order valence-electron chi connectivity index (χ1n) is 4.81. The molecular formula is C9H16F2N2O. The number of likely N-dealkylation sites (tertiary alicyclic amines) is 1. The van der Waals surface area contributed by atoms with E-state index in [2.05, 4.69) is 5.32 Å². The third-order valence-corrected chi connectivity index (χ3v) is 2.12. The number of nitrogens with one attached hydrogen (secondary N) is 1. The van der Waals surface area contributed by atoms with E-state index in [1.165, 1.54) is 4.90 Å². The lowest BCUT2D eigenvalue weighted by molar-refractivity contribution is 0.0153. The number of rotatable bonds is 2. The van der Waals surface area contributed by atoms with Gasteiger partial charge in [-0.15, -0.1) is 0 Å². The molecule has 14 heavy (non-hydrogen) atoms. The van der Waals surface area contributed by atoms with Crippen LogP contribution < -0.4 is 5.32 Å². The van der Waals surface area contributed by atoms with E-state index in [0.29, 0.717) is 12.5 Å². The summed E-state index contributed by atoms with van der Waals surface area (Å²) in [6, 6.07) is -0.379. The second-order valence-corrected chi connectivity index (χ2v) is 4.11. The molecule has 2 amide bonds. The average Bonchev–Trinajstić information content (AvgIpc) is 2.41. The zero-order valence-electron chi connectivity index (χ0n) is 8.52. The second kappa shape index (κ2) is 4.11. The quantitative estimate of drug-likeness (QED) is 0.732. The normalized spacial score (nSPS) is 20.2. The molecular weight excluding hydrogens is 190 g/mol. The summed E-state index contributed by atoms with van der Waals surface area (Å²) in [7, 11) is 0. The molecule has 0 unspecified atom stereocenters. The van der Waals surface area contributed by atoms with Gasteiger partial charge in [0.05, 0.1) is 6.54 Å². The number of halogens is 2. The summed E-state index contributed by atoms with van der Waals surface area (Å²) in [6.07, 6.45) is -0.220. The first-order valence-corrected chi connectivity index (χ1v) is 4.81. The van der Waals surface area contributed by atoms with Crippen LogP contribution in [0.3, 0.4) is 0 Å². The van der Waals surface area contributed by atoms with Gasteiger partial charge < -0.3 is 10.2 Å². The number of carbonyl (C=O) groups is 1. The Morgan fingerprint density at radius 1 is 1.57 bits per heavy atom. The zero-order chi connectivity index (χ0) is 10.8. The highest BCUT2D eigenvalue weighted by atomic mass is 19.3. The molecule has 0 saturated carbocycles. The van der Waals surface area contributed by atoms with Crippen LogP contribution in [0.15, 0.2) is 0 Å². The molecule has 3 nitrogen and oxygen atoms in total. The van der Waals surface area contributed by atoms with Gasteiger partial charge in [-0.25, -0.2) is 13.6 Å². The molecule has 0 spiro atoms. The summed E-state index contributed by atoms with van der Waals surface area (Å²) in [4.78, 5) is 12.5. The number of hydrogen-bond donors (Lipinski definition) is 1. The summed E-state index contributed by atoms with van der Waals surface area (Å²) in [5.74, 6) is -2.36. The molecule has 82 valence electrons. The minimum Gasteiger partial charge on any atom is -0.338 e. The van der Waals surface area contributed by atoms with Crippen molar-refractivity contribution in [2.24, 2.45) is 5.92 Å². The molecule has 1 N–H and O–H groups in total. The Bertz CT molecular complexity index is 219. The Morgan fingerprint density at radius 2 is 2.21 bits per heavy atom. The van der Waals surface area contributed by atoms with Crippen molar-refractivity contribution in [1.29, 1.82) is 0 Å². The van der Waals surface area contributed by atoms with Gasteiger partial charge in [0, 0.05) is 19.5 Å². The van der Waals surface area contributed by atoms with Gasteiger partial charge in [-0.3, -0.25) is 0 Å². The molecule has 0 aliphatic carbocycles. The lowest BCUT2D eigenvalue weighted by Gasteiger charge is -2.17. The van der Waals surface area contributed by atoms with E-state index in [1.807, 2.05) is 13.8 Å². The maximum Gasteiger partial charge on any atom is 0.317 e. The topological polar surface area (TPSA) is 32.3 Å². The summed E-state index contributed by atoms with van der Waals surface area (Å²) in [5.41, 5.74) is 0. The summed E-state index contributed by atoms with van der Waals surface area (Å²) in [5, 5.41) is 2.62. The predicted molar refractivity (Wildman–Crippen MR) is 49.4 cm³/mol. The van der Waals surface area contributed by atoms with Gasteiger partial charge in [-0.2, -0.15) is 0 Å². The number of nitrogens with zero attached hydrogens (tertiary/aromatic N) is 1. The fourth-order valence-electron chi connectivity index (χ4n) is 1.31. The van der Waals surface area contributed by atoms with Crippen LogP contribution in [0.25, 0.3) is 0 Å². The predicted octanol–water partition coefficient (Wildman–Crippen LogP) is 1.69. The van der Waals surface area contributed by atoms with Crippen LogP contribution in [0.2, 0.25) is 0 Å². The number of hydrogen-bond acceptors (Lipinski definition) is 1. The van der Waals surface area contributed by atoms with Crippen molar-refractivity contribution in [2.45, 2.75) is 26.2 Å². The number of alkyl halides is 2. The third-order valence-electron chi connectivity index (χ3n) is 2.12. The monoisotopic (exact) mass is 206 g/mol. The maximum atomic E-state index is 12.7. The Kier molecular flexibility index (Phi) is 3.29. The molecule has 0 bridgehead atoms. The van der Waals surface area contributed by atoms with Crippen molar-refractivity contribution in [3.05, 3.63) is 0 Å². The summed E-state index contributed by atoms with van der Waals surface area (Å²) in [6.45, 7) is 4.15. The smallest absolute Gasteiger partial charge is 0.317 e. The van der Waals surface area contributed by atoms with E-state index >= 15 is 0 Å². The van der Waals surface area contributed by atoms with Crippen molar-refractivity contribution in [3.63, 3.8) is 0 Å². The lowest BCUT2D eigenvalue weighted by atomic mass is 10.2. The first-order chi connectivity index (χ1) is 6.41. The summed E-state index contributed by atoms with van der Waals surface area (Å²) < 4.78 is 25.5. The number of carbonyl (C=O) groups excluding carboxylic acids is 1. The molecule has 0 aromatic carbocycles. The van der Waals surface area contributed by atoms with E-state index < -0.39 is 12.5 Å². The van der Waals surface area contributed by atoms with E-state index in [0.717, 1.165) is 0 Å². The van der Waals surface area contributed by atoms with Crippen molar-refractivity contribution in [3.8, 4) is 0 Å². The Balaban J connectivity index is 2.33. The van der Waals surface area contributed by atoms with Crippen LogP contribution in [0.1, 0.15) is 20.3 Å². The van der Waals surface area contributed by atoms with Gasteiger partial charge in [0.2, 0.25) is 0 Å². The van der Waals surface area contributed by atoms with E-state index in [1.54, 1.807) is 0 Å². The second-order valence-electron chi connectivity index (χ2n) is 4.11. The zero-order valence-corrected chi connectivity index (χ0v) is 8.52. The number of amides is 2. The van der Waals surface area contributed by atoms with Crippen LogP contribution in [-0.2, 0) is 0 Å². The van der Waals surface area contributed by atoms with Crippen LogP contribution in [0, 0.1) is 5.92 Å². The molecule has 5 heteroatoms. The fourth-order valence-corrected chi connectivity index (χ4v) is 1.31. The third kappa shape index (κ3) is 3.12. The minimum absolute atomic E-state index is 0.150. The van der Waals surface area contributed by atoms with Crippen molar-refractivity contribution in [2.75, 3.05) is 19.6 Å². The minimum atomic E-state index is -2.70. The van der Waals surface area contributed by atoms with Gasteiger partial charge in [0.25, 0.3) is 5.92 Å². The van der Waals surface area contributed by atoms with Crippen molar-refractivity contribution >= 4 is 6.03 Å². The average molecular weight is 206 g/mol. The molecule has 0 aromatic rings. The molecule has 1 heterocycles. The molecule has 1 saturated heterocycles. The molecule has 1 fully saturated rings. The van der Waals surface area contributed by atoms with Gasteiger partial charge >= 0.3 is 6.03 Å². The van der Waals surface area contributed by atoms with Crippen molar-refractivity contribution < 1.29 is 13.6 Å². The standard InChI is InChI=1S/C9H16F2N2O/c1-7(2)5-12-8(14)13-4-3-9(10,11)6-13/h7H,3-6H2,1-2H3,(H,12,14). The van der Waals surface area contributed by atoms with Gasteiger partial charge in [-0.05, 0) is 5.92 Å². The van der Waals surface area contributed by atoms with Gasteiger partial charge in [0.1, 0.15) is 0 Å². The highest BCUT2D eigenvalue weighted by Gasteiger charge is 2.40. The van der Waals surface area contributed by atoms with Crippen molar-refractivity contribution in [1.82, 2.24) is 10.2 Å². The summed E-state index contributed by atoms with van der Waals surface area (Å²) >= 11 is 0. The van der Waals surface area contributed by atoms with Crippen LogP contribution >= 0.6 is 0 Å². The molecule has 1 aliphatic heterocycles. The van der Waals surface area contributed by atoms with E-state index in [9.17, 15) is 13.6 Å². The highest BCUT2D eigenvalue weighted by Crippen LogP contribution is 2.26. The first kappa shape index (κ1) is 11.2. The van der Waals surface area contributed by atoms with Crippen LogP contribution in [-0.4, -0.2) is 36.5 Å². The van der Waals surface area contributed by atoms with E-state index in [4.69, 9.17) is 0 Å². The Hall–Kier alpha value is -0.870.